The summed E-state index contributed by atoms with van der Waals surface area (Å²) in [6.07, 6.45) is 13.1. The van der Waals surface area contributed by atoms with Crippen LogP contribution in [0, 0.1) is 23.2 Å². The van der Waals surface area contributed by atoms with Crippen molar-refractivity contribution in [3.05, 3.63) is 36.3 Å². The molecule has 0 aliphatic heterocycles. The molecule has 5 heteroatoms. The van der Waals surface area contributed by atoms with E-state index in [4.69, 9.17) is 0 Å². The summed E-state index contributed by atoms with van der Waals surface area (Å²) in [5, 5.41) is 3.39. The average Bonchev–Trinajstić information content (AvgIpc) is 3.07. The number of rotatable bonds is 7. The Kier molecular flexibility index (Phi) is 4.90. The van der Waals surface area contributed by atoms with Crippen LogP contribution >= 0.6 is 11.8 Å². The normalized spacial score (nSPS) is 32.0. The smallest absolute Gasteiger partial charge is 0.221 e. The van der Waals surface area contributed by atoms with Gasteiger partial charge in [-0.25, -0.2) is 4.98 Å². The van der Waals surface area contributed by atoms with E-state index in [1.807, 2.05) is 24.4 Å². The predicted octanol–water partition coefficient (Wildman–Crippen LogP) is 4.68. The maximum Gasteiger partial charge on any atom is 0.221 e. The third-order valence-electron chi connectivity index (χ3n) is 7.52. The molecule has 2 aromatic heterocycles. The third kappa shape index (κ3) is 3.58. The van der Waals surface area contributed by atoms with Gasteiger partial charge in [0.05, 0.1) is 5.69 Å². The molecule has 4 nitrogen and oxygen atoms in total. The molecule has 4 aliphatic rings. The van der Waals surface area contributed by atoms with Gasteiger partial charge in [0.2, 0.25) is 5.91 Å². The maximum atomic E-state index is 12.6. The van der Waals surface area contributed by atoms with Gasteiger partial charge < -0.3 is 9.72 Å². The Hall–Kier alpha value is -1.49. The van der Waals surface area contributed by atoms with Crippen molar-refractivity contribution in [3.8, 4) is 0 Å². The summed E-state index contributed by atoms with van der Waals surface area (Å²) < 4.78 is 2.05. The fraction of sp³-hybridized carbons (Fsp3) is 0.652. The van der Waals surface area contributed by atoms with Gasteiger partial charge in [-0.2, -0.15) is 11.8 Å². The van der Waals surface area contributed by atoms with Crippen LogP contribution in [0.2, 0.25) is 0 Å². The van der Waals surface area contributed by atoms with Gasteiger partial charge in [0.25, 0.3) is 0 Å². The Labute approximate surface area is 171 Å². The lowest BCUT2D eigenvalue weighted by Crippen LogP contribution is -2.55. The van der Waals surface area contributed by atoms with Crippen LogP contribution in [0.3, 0.4) is 0 Å². The van der Waals surface area contributed by atoms with E-state index in [1.165, 1.54) is 38.5 Å². The minimum absolute atomic E-state index is 0.228. The number of carbonyl (C=O) groups is 1. The second-order valence-corrected chi connectivity index (χ2v) is 10.7. The molecule has 2 aromatic rings. The topological polar surface area (TPSA) is 46.4 Å². The quantitative estimate of drug-likeness (QED) is 0.690. The van der Waals surface area contributed by atoms with Gasteiger partial charge in [-0.3, -0.25) is 4.79 Å². The summed E-state index contributed by atoms with van der Waals surface area (Å²) in [6.45, 7) is 2.27. The van der Waals surface area contributed by atoms with E-state index in [0.717, 1.165) is 40.6 Å². The molecule has 150 valence electrons. The molecule has 1 amide bonds. The van der Waals surface area contributed by atoms with Crippen molar-refractivity contribution in [1.29, 1.82) is 0 Å². The molecular weight excluding hydrogens is 366 g/mol. The van der Waals surface area contributed by atoms with Gasteiger partial charge in [0.15, 0.2) is 0 Å². The second kappa shape index (κ2) is 7.40. The molecule has 0 spiro atoms. The van der Waals surface area contributed by atoms with Gasteiger partial charge in [-0.05, 0) is 80.8 Å². The third-order valence-corrected chi connectivity index (χ3v) is 8.51. The standard InChI is InChI=1S/C23H31N3OS/c1-16(23-11-17-8-18(12-23)10-19(9-17)13-23)24-22(27)5-7-28-15-20-14-26-6-3-2-4-21(26)25-20/h2-4,6,14,16-19H,5,7-13,15H2,1H3,(H,24,27). The molecule has 4 bridgehead atoms. The molecule has 1 unspecified atom stereocenters. The molecule has 1 atom stereocenters. The zero-order chi connectivity index (χ0) is 19.1. The number of aromatic nitrogens is 2. The van der Waals surface area contributed by atoms with Crippen LogP contribution in [0.15, 0.2) is 30.6 Å². The highest BCUT2D eigenvalue weighted by molar-refractivity contribution is 7.98. The molecule has 1 N–H and O–H groups in total. The first-order valence-electron chi connectivity index (χ1n) is 10.9. The van der Waals surface area contributed by atoms with Crippen LogP contribution < -0.4 is 5.32 Å². The van der Waals surface area contributed by atoms with Gasteiger partial charge in [0.1, 0.15) is 5.65 Å². The van der Waals surface area contributed by atoms with Gasteiger partial charge in [-0.15, -0.1) is 0 Å². The molecule has 4 fully saturated rings. The molecule has 6 rings (SSSR count). The number of fused-ring (bicyclic) bond motifs is 1. The zero-order valence-corrected chi connectivity index (χ0v) is 17.6. The van der Waals surface area contributed by atoms with Crippen LogP contribution in [-0.2, 0) is 10.5 Å². The van der Waals surface area contributed by atoms with Crippen LogP contribution in [-0.4, -0.2) is 27.1 Å². The first-order valence-corrected chi connectivity index (χ1v) is 12.0. The second-order valence-electron chi connectivity index (χ2n) is 9.57. The number of carbonyl (C=O) groups excluding carboxylic acids is 1. The van der Waals surface area contributed by atoms with Crippen LogP contribution in [0.25, 0.3) is 5.65 Å². The highest BCUT2D eigenvalue weighted by Gasteiger charge is 2.53. The Morgan fingerprint density at radius 1 is 1.25 bits per heavy atom. The predicted molar refractivity (Wildman–Crippen MR) is 114 cm³/mol. The van der Waals surface area contributed by atoms with Crippen molar-refractivity contribution in [2.24, 2.45) is 23.2 Å². The molecule has 0 aromatic carbocycles. The summed E-state index contributed by atoms with van der Waals surface area (Å²) in [5.74, 6) is 4.75. The molecule has 4 aliphatic carbocycles. The van der Waals surface area contributed by atoms with E-state index in [1.54, 1.807) is 11.8 Å². The van der Waals surface area contributed by atoms with Gasteiger partial charge in [0, 0.05) is 36.4 Å². The number of amides is 1. The van der Waals surface area contributed by atoms with Crippen LogP contribution in [0.1, 0.15) is 57.6 Å². The number of imidazole rings is 1. The summed E-state index contributed by atoms with van der Waals surface area (Å²) in [4.78, 5) is 17.2. The van der Waals surface area contributed by atoms with Crippen LogP contribution in [0.5, 0.6) is 0 Å². The molecule has 0 saturated heterocycles. The number of nitrogens with one attached hydrogen (secondary N) is 1. The molecule has 0 radical (unpaired) electrons. The van der Waals surface area contributed by atoms with Gasteiger partial charge in [-0.1, -0.05) is 6.07 Å². The largest absolute Gasteiger partial charge is 0.353 e. The Bertz CT molecular complexity index is 792. The Morgan fingerprint density at radius 2 is 1.96 bits per heavy atom. The lowest BCUT2D eigenvalue weighted by Gasteiger charge is -2.59. The lowest BCUT2D eigenvalue weighted by molar-refractivity contribution is -0.125. The number of hydrogen-bond acceptors (Lipinski definition) is 3. The van der Waals surface area contributed by atoms with E-state index in [0.29, 0.717) is 17.9 Å². The minimum atomic E-state index is 0.228. The Balaban J connectivity index is 1.09. The maximum absolute atomic E-state index is 12.6. The summed E-state index contributed by atoms with van der Waals surface area (Å²) >= 11 is 1.80. The van der Waals surface area contributed by atoms with E-state index >= 15 is 0 Å². The zero-order valence-electron chi connectivity index (χ0n) is 16.8. The fourth-order valence-corrected chi connectivity index (χ4v) is 7.40. The van der Waals surface area contributed by atoms with Crippen molar-refractivity contribution >= 4 is 23.3 Å². The molecular formula is C23H31N3OS. The van der Waals surface area contributed by atoms with Crippen LogP contribution in [0.4, 0.5) is 0 Å². The van der Waals surface area contributed by atoms with Crippen molar-refractivity contribution in [1.82, 2.24) is 14.7 Å². The minimum Gasteiger partial charge on any atom is -0.353 e. The number of pyridine rings is 1. The molecule has 2 heterocycles. The summed E-state index contributed by atoms with van der Waals surface area (Å²) in [6, 6.07) is 6.37. The average molecular weight is 398 g/mol. The van der Waals surface area contributed by atoms with E-state index < -0.39 is 0 Å². The molecule has 28 heavy (non-hydrogen) atoms. The number of nitrogens with zero attached hydrogens (tertiary/aromatic N) is 2. The monoisotopic (exact) mass is 397 g/mol. The fourth-order valence-electron chi connectivity index (χ4n) is 6.57. The highest BCUT2D eigenvalue weighted by Crippen LogP contribution is 2.61. The Morgan fingerprint density at radius 3 is 2.64 bits per heavy atom. The number of thioether (sulfide) groups is 1. The SMILES string of the molecule is CC(NC(=O)CCSCc1cn2ccccc2n1)C12CC3CC(CC(C3)C1)C2. The number of hydrogen-bond donors (Lipinski definition) is 1. The summed E-state index contributed by atoms with van der Waals surface area (Å²) in [5.41, 5.74) is 2.47. The summed E-state index contributed by atoms with van der Waals surface area (Å²) in [7, 11) is 0. The first-order chi connectivity index (χ1) is 13.6. The van der Waals surface area contributed by atoms with Crippen molar-refractivity contribution < 1.29 is 4.79 Å². The van der Waals surface area contributed by atoms with Crippen molar-refractivity contribution in [3.63, 3.8) is 0 Å². The van der Waals surface area contributed by atoms with Crippen molar-refractivity contribution in [2.75, 3.05) is 5.75 Å². The first kappa shape index (κ1) is 18.5. The molecule has 4 saturated carbocycles. The van der Waals surface area contributed by atoms with E-state index in [9.17, 15) is 4.79 Å². The van der Waals surface area contributed by atoms with Crippen molar-refractivity contribution in [2.45, 2.75) is 63.7 Å². The van der Waals surface area contributed by atoms with E-state index in [2.05, 4.69) is 27.8 Å². The highest BCUT2D eigenvalue weighted by atomic mass is 32.2. The van der Waals surface area contributed by atoms with E-state index in [-0.39, 0.29) is 5.91 Å². The van der Waals surface area contributed by atoms with Gasteiger partial charge >= 0.3 is 0 Å². The lowest BCUT2D eigenvalue weighted by atomic mass is 9.48.